The second-order valence-electron chi connectivity index (χ2n) is 5.95. The van der Waals surface area contributed by atoms with Crippen molar-refractivity contribution in [2.75, 3.05) is 26.2 Å². The third-order valence-electron chi connectivity index (χ3n) is 4.06. The highest BCUT2D eigenvalue weighted by Crippen LogP contribution is 2.29. The maximum absolute atomic E-state index is 12.9. The molecule has 1 aromatic carbocycles. The van der Waals surface area contributed by atoms with Gasteiger partial charge in [0.05, 0.1) is 11.5 Å². The summed E-state index contributed by atoms with van der Waals surface area (Å²) in [6, 6.07) is 8.29. The minimum absolute atomic E-state index is 0.120. The molecule has 2 rings (SSSR count). The molecule has 5 nitrogen and oxygen atoms in total. The fourth-order valence-electron chi connectivity index (χ4n) is 2.77. The molecule has 0 spiro atoms. The van der Waals surface area contributed by atoms with Crippen molar-refractivity contribution in [3.63, 3.8) is 0 Å². The fourth-order valence-corrected chi connectivity index (χ4v) is 2.77. The molecule has 0 saturated carbocycles. The molecular weight excluding hydrogens is 268 g/mol. The number of carbonyl (C=O) groups is 2. The predicted molar refractivity (Wildman–Crippen MR) is 80.4 cm³/mol. The molecule has 1 aliphatic heterocycles. The van der Waals surface area contributed by atoms with Gasteiger partial charge in [0.15, 0.2) is 5.78 Å². The minimum Gasteiger partial charge on any atom is -0.481 e. The molecule has 1 unspecified atom stereocenters. The summed E-state index contributed by atoms with van der Waals surface area (Å²) in [5, 5.41) is 12.8. The van der Waals surface area contributed by atoms with Crippen molar-refractivity contribution >= 4 is 11.8 Å². The number of carboxylic acids is 1. The summed E-state index contributed by atoms with van der Waals surface area (Å²) in [5.74, 6) is -1.07. The van der Waals surface area contributed by atoms with E-state index in [0.29, 0.717) is 18.7 Å². The van der Waals surface area contributed by atoms with Crippen LogP contribution in [0.25, 0.3) is 0 Å². The molecule has 114 valence electrons. The SMILES string of the molecule is CC(C)(C(=O)O)C(C(=O)c1ccccc1)N1CCNCC1. The van der Waals surface area contributed by atoms with E-state index in [0.717, 1.165) is 13.1 Å². The van der Waals surface area contributed by atoms with Gasteiger partial charge in [-0.15, -0.1) is 0 Å². The molecule has 0 aliphatic carbocycles. The van der Waals surface area contributed by atoms with Crippen molar-refractivity contribution in [3.05, 3.63) is 35.9 Å². The van der Waals surface area contributed by atoms with Crippen molar-refractivity contribution in [2.24, 2.45) is 5.41 Å². The average molecular weight is 290 g/mol. The molecule has 1 heterocycles. The largest absolute Gasteiger partial charge is 0.481 e. The van der Waals surface area contributed by atoms with Crippen molar-refractivity contribution in [3.8, 4) is 0 Å². The van der Waals surface area contributed by atoms with Crippen LogP contribution >= 0.6 is 0 Å². The highest BCUT2D eigenvalue weighted by atomic mass is 16.4. The van der Waals surface area contributed by atoms with Crippen LogP contribution in [0.15, 0.2) is 30.3 Å². The first-order chi connectivity index (χ1) is 9.94. The Labute approximate surface area is 125 Å². The lowest BCUT2D eigenvalue weighted by Gasteiger charge is -2.40. The van der Waals surface area contributed by atoms with Crippen molar-refractivity contribution in [1.82, 2.24) is 10.2 Å². The molecule has 2 N–H and O–H groups in total. The predicted octanol–water partition coefficient (Wildman–Crippen LogP) is 1.25. The van der Waals surface area contributed by atoms with Gasteiger partial charge in [0.1, 0.15) is 0 Å². The summed E-state index contributed by atoms with van der Waals surface area (Å²) in [6.07, 6.45) is 0. The quantitative estimate of drug-likeness (QED) is 0.799. The van der Waals surface area contributed by atoms with E-state index in [4.69, 9.17) is 0 Å². The molecule has 21 heavy (non-hydrogen) atoms. The Balaban J connectivity index is 2.35. The smallest absolute Gasteiger partial charge is 0.311 e. The van der Waals surface area contributed by atoms with Gasteiger partial charge in [-0.2, -0.15) is 0 Å². The lowest BCUT2D eigenvalue weighted by atomic mass is 9.79. The zero-order valence-electron chi connectivity index (χ0n) is 12.5. The van der Waals surface area contributed by atoms with E-state index < -0.39 is 17.4 Å². The third-order valence-corrected chi connectivity index (χ3v) is 4.06. The molecular formula is C16H22N2O3. The number of rotatable bonds is 5. The zero-order chi connectivity index (χ0) is 15.5. The first-order valence-corrected chi connectivity index (χ1v) is 7.22. The number of benzene rings is 1. The number of nitrogens with one attached hydrogen (secondary N) is 1. The number of Topliss-reactive ketones (excluding diaryl/α,β-unsaturated/α-hetero) is 1. The first-order valence-electron chi connectivity index (χ1n) is 7.22. The Kier molecular flexibility index (Phi) is 4.75. The van der Waals surface area contributed by atoms with Gasteiger partial charge in [-0.25, -0.2) is 0 Å². The molecule has 1 aromatic rings. The Bertz CT molecular complexity index is 508. The number of nitrogens with zero attached hydrogens (tertiary/aromatic N) is 1. The number of ketones is 1. The lowest BCUT2D eigenvalue weighted by Crippen LogP contribution is -2.58. The monoisotopic (exact) mass is 290 g/mol. The summed E-state index contributed by atoms with van der Waals surface area (Å²) in [4.78, 5) is 26.5. The fraction of sp³-hybridized carbons (Fsp3) is 0.500. The van der Waals surface area contributed by atoms with Crippen LogP contribution in [0.3, 0.4) is 0 Å². The van der Waals surface area contributed by atoms with Gasteiger partial charge in [-0.1, -0.05) is 30.3 Å². The van der Waals surface area contributed by atoms with Crippen LogP contribution in [0.4, 0.5) is 0 Å². The number of piperazine rings is 1. The standard InChI is InChI=1S/C16H22N2O3/c1-16(2,15(20)21)14(18-10-8-17-9-11-18)13(19)12-6-4-3-5-7-12/h3-7,14,17H,8-11H2,1-2H3,(H,20,21). The van der Waals surface area contributed by atoms with E-state index in [1.165, 1.54) is 0 Å². The summed E-state index contributed by atoms with van der Waals surface area (Å²) in [6.45, 7) is 6.16. The molecule has 0 amide bonds. The van der Waals surface area contributed by atoms with E-state index in [9.17, 15) is 14.7 Å². The summed E-state index contributed by atoms with van der Waals surface area (Å²) in [5.41, 5.74) is -0.570. The second-order valence-corrected chi connectivity index (χ2v) is 5.95. The normalized spacial score (nSPS) is 18.2. The number of hydrogen-bond donors (Lipinski definition) is 2. The first kappa shape index (κ1) is 15.7. The van der Waals surface area contributed by atoms with Crippen LogP contribution in [0.2, 0.25) is 0 Å². The van der Waals surface area contributed by atoms with Crippen LogP contribution in [0.5, 0.6) is 0 Å². The van der Waals surface area contributed by atoms with Crippen LogP contribution in [-0.2, 0) is 4.79 Å². The second kappa shape index (κ2) is 6.37. The Morgan fingerprint density at radius 3 is 2.29 bits per heavy atom. The van der Waals surface area contributed by atoms with Crippen LogP contribution in [0, 0.1) is 5.41 Å². The molecule has 1 fully saturated rings. The van der Waals surface area contributed by atoms with Gasteiger partial charge in [0, 0.05) is 31.7 Å². The molecule has 1 saturated heterocycles. The Morgan fingerprint density at radius 2 is 1.76 bits per heavy atom. The van der Waals surface area contributed by atoms with Gasteiger partial charge >= 0.3 is 5.97 Å². The summed E-state index contributed by atoms with van der Waals surface area (Å²) in [7, 11) is 0. The zero-order valence-corrected chi connectivity index (χ0v) is 12.5. The number of aliphatic carboxylic acids is 1. The van der Waals surface area contributed by atoms with Crippen molar-refractivity contribution in [2.45, 2.75) is 19.9 Å². The van der Waals surface area contributed by atoms with Crippen LogP contribution < -0.4 is 5.32 Å². The van der Waals surface area contributed by atoms with Gasteiger partial charge < -0.3 is 10.4 Å². The lowest BCUT2D eigenvalue weighted by molar-refractivity contribution is -0.150. The van der Waals surface area contributed by atoms with Gasteiger partial charge in [0.25, 0.3) is 0 Å². The minimum atomic E-state index is -1.13. The number of hydrogen-bond acceptors (Lipinski definition) is 4. The summed E-state index contributed by atoms with van der Waals surface area (Å²) >= 11 is 0. The van der Waals surface area contributed by atoms with Gasteiger partial charge in [0.2, 0.25) is 0 Å². The van der Waals surface area contributed by atoms with E-state index in [-0.39, 0.29) is 5.78 Å². The van der Waals surface area contributed by atoms with E-state index in [1.54, 1.807) is 38.1 Å². The Morgan fingerprint density at radius 1 is 1.19 bits per heavy atom. The molecule has 1 aliphatic rings. The van der Waals surface area contributed by atoms with Gasteiger partial charge in [-0.05, 0) is 13.8 Å². The van der Waals surface area contributed by atoms with Gasteiger partial charge in [-0.3, -0.25) is 14.5 Å². The number of carbonyl (C=O) groups excluding carboxylic acids is 1. The highest BCUT2D eigenvalue weighted by molar-refractivity contribution is 6.03. The van der Waals surface area contributed by atoms with Crippen LogP contribution in [0.1, 0.15) is 24.2 Å². The van der Waals surface area contributed by atoms with Crippen molar-refractivity contribution in [1.29, 1.82) is 0 Å². The highest BCUT2D eigenvalue weighted by Gasteiger charge is 2.45. The van der Waals surface area contributed by atoms with E-state index >= 15 is 0 Å². The molecule has 0 bridgehead atoms. The summed E-state index contributed by atoms with van der Waals surface area (Å²) < 4.78 is 0. The maximum atomic E-state index is 12.9. The van der Waals surface area contributed by atoms with Crippen LogP contribution in [-0.4, -0.2) is 54.0 Å². The Hall–Kier alpha value is -1.72. The van der Waals surface area contributed by atoms with E-state index in [2.05, 4.69) is 5.32 Å². The molecule has 0 aromatic heterocycles. The molecule has 5 heteroatoms. The number of carboxylic acid groups (broad SMARTS) is 1. The topological polar surface area (TPSA) is 69.6 Å². The van der Waals surface area contributed by atoms with E-state index in [1.807, 2.05) is 11.0 Å². The molecule has 0 radical (unpaired) electrons. The van der Waals surface area contributed by atoms with Crippen molar-refractivity contribution < 1.29 is 14.7 Å². The molecule has 1 atom stereocenters. The maximum Gasteiger partial charge on any atom is 0.311 e. The third kappa shape index (κ3) is 3.31. The average Bonchev–Trinajstić information content (AvgIpc) is 2.49.